The van der Waals surface area contributed by atoms with Crippen LogP contribution in [0.4, 0.5) is 0 Å². The molecule has 0 bridgehead atoms. The first-order valence-electron chi connectivity index (χ1n) is 21.4. The highest BCUT2D eigenvalue weighted by atomic mass is 15.0. The number of hydrogen-bond acceptors (Lipinski definition) is 3. The monoisotopic (exact) mass is 791 g/mol. The van der Waals surface area contributed by atoms with Crippen molar-refractivity contribution in [3.05, 3.63) is 246 Å². The smallest absolute Gasteiger partial charge is 0.164 e. The van der Waals surface area contributed by atoms with Gasteiger partial charge < -0.3 is 0 Å². The molecule has 0 aliphatic heterocycles. The van der Waals surface area contributed by atoms with Gasteiger partial charge in [0.25, 0.3) is 0 Å². The van der Waals surface area contributed by atoms with Crippen LogP contribution in [0.2, 0.25) is 0 Å². The molecule has 292 valence electrons. The lowest BCUT2D eigenvalue weighted by molar-refractivity contribution is 0.563. The molecule has 3 nitrogen and oxygen atoms in total. The maximum Gasteiger partial charge on any atom is 0.164 e. The van der Waals surface area contributed by atoms with Crippen LogP contribution < -0.4 is 0 Å². The molecule has 0 atom stereocenters. The molecule has 0 unspecified atom stereocenters. The van der Waals surface area contributed by atoms with Crippen LogP contribution in [0, 0.1) is 0 Å². The van der Waals surface area contributed by atoms with Crippen LogP contribution in [0.1, 0.15) is 47.2 Å². The second kappa shape index (κ2) is 13.9. The maximum absolute atomic E-state index is 5.08. The fraction of sp³-hybridized carbons (Fsp3) is 0.0678. The van der Waals surface area contributed by atoms with E-state index in [2.05, 4.69) is 190 Å². The molecular formula is C59H41N3. The lowest BCUT2D eigenvalue weighted by Crippen LogP contribution is -2.40. The third-order valence-corrected chi connectivity index (χ3v) is 13.4. The summed E-state index contributed by atoms with van der Waals surface area (Å²) in [5.41, 5.74) is 17.7. The van der Waals surface area contributed by atoms with Crippen molar-refractivity contribution in [2.45, 2.75) is 24.7 Å². The minimum atomic E-state index is -0.464. The van der Waals surface area contributed by atoms with Crippen molar-refractivity contribution in [3.63, 3.8) is 0 Å². The van der Waals surface area contributed by atoms with E-state index in [0.29, 0.717) is 17.5 Å². The lowest BCUT2D eigenvalue weighted by Gasteiger charge is -2.46. The number of benzene rings is 9. The third kappa shape index (κ3) is 5.28. The van der Waals surface area contributed by atoms with Crippen molar-refractivity contribution >= 4 is 10.8 Å². The van der Waals surface area contributed by atoms with Crippen molar-refractivity contribution in [2.75, 3.05) is 0 Å². The van der Waals surface area contributed by atoms with Gasteiger partial charge in [0, 0.05) is 22.1 Å². The van der Waals surface area contributed by atoms with Crippen molar-refractivity contribution in [3.8, 4) is 67.5 Å². The Balaban J connectivity index is 1.07. The van der Waals surface area contributed by atoms with Crippen molar-refractivity contribution < 1.29 is 0 Å². The molecular weight excluding hydrogens is 751 g/mol. The maximum atomic E-state index is 5.08. The standard InChI is InChI=1S/C59H41N3/c1-58(2)48-32-11-13-34-50(48)59(51-35-14-12-33-49(51)58)47-31-10-9-27-46(47)54-45(30-18-36-52(54)59)44-29-17-24-38-23-16-28-43(53(38)44)41-25-15-26-42(37-41)57-61-55(39-19-5-3-6-20-39)60-56(62-57)40-21-7-4-8-22-40/h3-37H,1-2H3. The van der Waals surface area contributed by atoms with Crippen molar-refractivity contribution in [1.82, 2.24) is 15.0 Å². The second-order valence-electron chi connectivity index (χ2n) is 17.1. The van der Waals surface area contributed by atoms with Crippen LogP contribution in [0.3, 0.4) is 0 Å². The number of aromatic nitrogens is 3. The van der Waals surface area contributed by atoms with Gasteiger partial charge in [-0.15, -0.1) is 0 Å². The van der Waals surface area contributed by atoms with Crippen LogP contribution in [0.15, 0.2) is 212 Å². The Hall–Kier alpha value is -7.75. The van der Waals surface area contributed by atoms with Crippen molar-refractivity contribution in [2.24, 2.45) is 0 Å². The van der Waals surface area contributed by atoms with Crippen molar-refractivity contribution in [1.29, 1.82) is 0 Å². The molecule has 12 rings (SSSR count). The van der Waals surface area contributed by atoms with E-state index >= 15 is 0 Å². The van der Waals surface area contributed by atoms with E-state index in [1.807, 2.05) is 36.4 Å². The molecule has 0 saturated carbocycles. The zero-order valence-corrected chi connectivity index (χ0v) is 34.5. The Kier molecular flexibility index (Phi) is 8.10. The van der Waals surface area contributed by atoms with Gasteiger partial charge >= 0.3 is 0 Å². The van der Waals surface area contributed by atoms with Gasteiger partial charge in [-0.2, -0.15) is 0 Å². The van der Waals surface area contributed by atoms with Gasteiger partial charge in [0.2, 0.25) is 0 Å². The molecule has 0 radical (unpaired) electrons. The number of fused-ring (bicyclic) bond motifs is 10. The Bertz CT molecular complexity index is 3270. The van der Waals surface area contributed by atoms with Gasteiger partial charge in [-0.05, 0) is 83.6 Å². The molecule has 1 aromatic heterocycles. The zero-order chi connectivity index (χ0) is 41.4. The summed E-state index contributed by atoms with van der Waals surface area (Å²) in [6.07, 6.45) is 0. The van der Waals surface area contributed by atoms with Crippen LogP contribution in [-0.4, -0.2) is 15.0 Å². The normalized spacial score (nSPS) is 13.9. The van der Waals surface area contributed by atoms with E-state index < -0.39 is 5.41 Å². The highest BCUT2D eigenvalue weighted by Crippen LogP contribution is 2.63. The summed E-state index contributed by atoms with van der Waals surface area (Å²) in [7, 11) is 0. The fourth-order valence-corrected chi connectivity index (χ4v) is 10.7. The zero-order valence-electron chi connectivity index (χ0n) is 34.5. The van der Waals surface area contributed by atoms with Gasteiger partial charge in [0.15, 0.2) is 17.5 Å². The van der Waals surface area contributed by atoms with Gasteiger partial charge in [-0.3, -0.25) is 0 Å². The van der Waals surface area contributed by atoms with Crippen LogP contribution in [0.25, 0.3) is 78.3 Å². The largest absolute Gasteiger partial charge is 0.208 e. The molecule has 0 fully saturated rings. The topological polar surface area (TPSA) is 38.7 Å². The molecule has 0 amide bonds. The number of hydrogen-bond donors (Lipinski definition) is 0. The molecule has 1 spiro atoms. The van der Waals surface area contributed by atoms with Gasteiger partial charge in [0.05, 0.1) is 5.41 Å². The second-order valence-corrected chi connectivity index (χ2v) is 17.1. The average Bonchev–Trinajstić information content (AvgIpc) is 3.64. The van der Waals surface area contributed by atoms with Crippen LogP contribution in [-0.2, 0) is 10.8 Å². The van der Waals surface area contributed by atoms with Crippen LogP contribution >= 0.6 is 0 Å². The number of rotatable bonds is 5. The first-order valence-corrected chi connectivity index (χ1v) is 21.4. The summed E-state index contributed by atoms with van der Waals surface area (Å²) >= 11 is 0. The Morgan fingerprint density at radius 3 is 1.35 bits per heavy atom. The fourth-order valence-electron chi connectivity index (χ4n) is 10.7. The highest BCUT2D eigenvalue weighted by molar-refractivity contribution is 6.10. The molecule has 62 heavy (non-hydrogen) atoms. The molecule has 9 aromatic carbocycles. The summed E-state index contributed by atoms with van der Waals surface area (Å²) in [6.45, 7) is 4.76. The SMILES string of the molecule is CC1(C)c2ccccc2C2(c3ccccc3-c3c(-c4cccc5cccc(-c6cccc(-c7nc(-c8ccccc8)nc(-c8ccccc8)n7)c6)c45)cccc32)c2ccccc21. The van der Waals surface area contributed by atoms with E-state index in [1.165, 1.54) is 66.4 Å². The summed E-state index contributed by atoms with van der Waals surface area (Å²) in [6, 6.07) is 76.9. The molecule has 3 heteroatoms. The van der Waals surface area contributed by atoms with Gasteiger partial charge in [-0.1, -0.05) is 220 Å². The quantitative estimate of drug-likeness (QED) is 0.174. The van der Waals surface area contributed by atoms with E-state index in [1.54, 1.807) is 0 Å². The minimum Gasteiger partial charge on any atom is -0.208 e. The summed E-state index contributed by atoms with van der Waals surface area (Å²) < 4.78 is 0. The van der Waals surface area contributed by atoms with Crippen LogP contribution in [0.5, 0.6) is 0 Å². The Morgan fingerprint density at radius 1 is 0.306 bits per heavy atom. The minimum absolute atomic E-state index is 0.152. The van der Waals surface area contributed by atoms with E-state index in [0.717, 1.165) is 27.8 Å². The Morgan fingerprint density at radius 2 is 0.726 bits per heavy atom. The number of nitrogens with zero attached hydrogens (tertiary/aromatic N) is 3. The molecule has 2 aliphatic carbocycles. The first kappa shape index (κ1) is 36.1. The third-order valence-electron chi connectivity index (χ3n) is 13.4. The first-order chi connectivity index (χ1) is 30.5. The summed E-state index contributed by atoms with van der Waals surface area (Å²) in [4.78, 5) is 15.1. The predicted octanol–water partition coefficient (Wildman–Crippen LogP) is 14.4. The lowest BCUT2D eigenvalue weighted by atomic mass is 9.55. The molecule has 0 saturated heterocycles. The molecule has 0 N–H and O–H groups in total. The van der Waals surface area contributed by atoms with Gasteiger partial charge in [0.1, 0.15) is 0 Å². The molecule has 1 heterocycles. The van der Waals surface area contributed by atoms with E-state index in [9.17, 15) is 0 Å². The summed E-state index contributed by atoms with van der Waals surface area (Å²) in [5.74, 6) is 1.93. The van der Waals surface area contributed by atoms with E-state index in [-0.39, 0.29) is 5.41 Å². The van der Waals surface area contributed by atoms with Gasteiger partial charge in [-0.25, -0.2) is 15.0 Å². The molecule has 10 aromatic rings. The van der Waals surface area contributed by atoms with E-state index in [4.69, 9.17) is 15.0 Å². The predicted molar refractivity (Wildman–Crippen MR) is 254 cm³/mol. The highest BCUT2D eigenvalue weighted by Gasteiger charge is 2.53. The average molecular weight is 792 g/mol. The summed E-state index contributed by atoms with van der Waals surface area (Å²) in [5, 5.41) is 2.41. The Labute approximate surface area is 362 Å². The molecule has 2 aliphatic rings.